The molecule has 1 heterocycles. The lowest BCUT2D eigenvalue weighted by molar-refractivity contribution is -0.300. The van der Waals surface area contributed by atoms with Gasteiger partial charge in [-0.2, -0.15) is 0 Å². The monoisotopic (exact) mass is 626 g/mol. The highest BCUT2D eigenvalue weighted by Crippen LogP contribution is 2.29. The molecule has 10 heteroatoms. The van der Waals surface area contributed by atoms with Gasteiger partial charge in [-0.25, -0.2) is 14.4 Å². The van der Waals surface area contributed by atoms with Gasteiger partial charge < -0.3 is 33.5 Å². The van der Waals surface area contributed by atoms with Crippen LogP contribution in [0.1, 0.15) is 36.6 Å². The maximum absolute atomic E-state index is 13.2. The number of aliphatic hydroxyl groups excluding tert-OH is 1. The molecule has 1 N–H and O–H groups in total. The minimum absolute atomic E-state index is 0.00283. The molecule has 10 nitrogen and oxygen atoms in total. The van der Waals surface area contributed by atoms with Gasteiger partial charge in [0.15, 0.2) is 18.5 Å². The Hall–Kier alpha value is -4.87. The standard InChI is InChI=1S/C36H34O10/c37-30-29(24-43-33(38)26-15-7-2-8-16-26)44-36(42-22-21-41-23-25-13-5-1-6-14-25)32(46-35(40)28-19-11-4-12-20-28)31(30)45-34(39)27-17-9-3-10-18-27/h1-20,29-32,36-37H,21-24H2. The summed E-state index contributed by atoms with van der Waals surface area (Å²) in [5.41, 5.74) is 1.72. The van der Waals surface area contributed by atoms with E-state index in [1.54, 1.807) is 91.0 Å². The average molecular weight is 627 g/mol. The third-order valence-corrected chi connectivity index (χ3v) is 7.13. The predicted octanol–water partition coefficient (Wildman–Crippen LogP) is 4.61. The summed E-state index contributed by atoms with van der Waals surface area (Å²) in [5.74, 6) is -2.15. The van der Waals surface area contributed by atoms with Crippen LogP contribution >= 0.6 is 0 Å². The third-order valence-electron chi connectivity index (χ3n) is 7.13. The molecule has 0 aromatic heterocycles. The molecular formula is C36H34O10. The molecule has 0 radical (unpaired) electrons. The van der Waals surface area contributed by atoms with Gasteiger partial charge in [-0.05, 0) is 42.0 Å². The lowest BCUT2D eigenvalue weighted by Gasteiger charge is -2.43. The zero-order chi connectivity index (χ0) is 32.1. The molecular weight excluding hydrogens is 592 g/mol. The van der Waals surface area contributed by atoms with Crippen molar-refractivity contribution in [2.45, 2.75) is 37.3 Å². The van der Waals surface area contributed by atoms with Crippen molar-refractivity contribution in [1.82, 2.24) is 0 Å². The number of benzene rings is 4. The Morgan fingerprint density at radius 2 is 1.09 bits per heavy atom. The van der Waals surface area contributed by atoms with Crippen molar-refractivity contribution < 1.29 is 47.9 Å². The first-order valence-corrected chi connectivity index (χ1v) is 14.8. The van der Waals surface area contributed by atoms with Crippen LogP contribution in [0.5, 0.6) is 0 Å². The van der Waals surface area contributed by atoms with Gasteiger partial charge in [0.1, 0.15) is 18.8 Å². The van der Waals surface area contributed by atoms with Crippen molar-refractivity contribution in [2.75, 3.05) is 19.8 Å². The van der Waals surface area contributed by atoms with Crippen LogP contribution in [0, 0.1) is 0 Å². The van der Waals surface area contributed by atoms with Gasteiger partial charge in [0, 0.05) is 0 Å². The number of hydrogen-bond donors (Lipinski definition) is 1. The highest BCUT2D eigenvalue weighted by molar-refractivity contribution is 5.90. The van der Waals surface area contributed by atoms with Gasteiger partial charge in [0.05, 0.1) is 36.5 Å². The zero-order valence-corrected chi connectivity index (χ0v) is 24.9. The fourth-order valence-corrected chi connectivity index (χ4v) is 4.76. The highest BCUT2D eigenvalue weighted by Gasteiger charge is 2.51. The van der Waals surface area contributed by atoms with E-state index >= 15 is 0 Å². The van der Waals surface area contributed by atoms with Crippen molar-refractivity contribution in [3.05, 3.63) is 144 Å². The van der Waals surface area contributed by atoms with Gasteiger partial charge in [-0.15, -0.1) is 0 Å². The second kappa shape index (κ2) is 16.4. The molecule has 46 heavy (non-hydrogen) atoms. The van der Waals surface area contributed by atoms with Crippen LogP contribution in [-0.4, -0.2) is 73.5 Å². The summed E-state index contributed by atoms with van der Waals surface area (Å²) in [5, 5.41) is 11.5. The molecule has 0 saturated carbocycles. The Kier molecular flexibility index (Phi) is 11.6. The molecule has 0 amide bonds. The van der Waals surface area contributed by atoms with E-state index in [1.165, 1.54) is 0 Å². The Morgan fingerprint density at radius 3 is 1.63 bits per heavy atom. The number of carbonyl (C=O) groups is 3. The minimum Gasteiger partial charge on any atom is -0.459 e. The molecule has 5 atom stereocenters. The molecule has 0 bridgehead atoms. The first-order chi connectivity index (χ1) is 22.5. The summed E-state index contributed by atoms with van der Waals surface area (Å²) < 4.78 is 34.8. The molecule has 4 aromatic carbocycles. The van der Waals surface area contributed by atoms with Gasteiger partial charge in [-0.1, -0.05) is 84.9 Å². The Balaban J connectivity index is 1.35. The number of hydrogen-bond acceptors (Lipinski definition) is 10. The maximum Gasteiger partial charge on any atom is 0.338 e. The third kappa shape index (κ3) is 8.86. The van der Waals surface area contributed by atoms with E-state index in [9.17, 15) is 19.5 Å². The van der Waals surface area contributed by atoms with E-state index in [0.717, 1.165) is 5.56 Å². The molecule has 1 aliphatic heterocycles. The highest BCUT2D eigenvalue weighted by atomic mass is 16.7. The number of esters is 3. The first kappa shape index (κ1) is 32.5. The van der Waals surface area contributed by atoms with Crippen LogP contribution in [-0.2, 0) is 35.0 Å². The van der Waals surface area contributed by atoms with Crippen LogP contribution < -0.4 is 0 Å². The number of aliphatic hydroxyl groups is 1. The molecule has 5 rings (SSSR count). The first-order valence-electron chi connectivity index (χ1n) is 14.8. The summed E-state index contributed by atoms with van der Waals surface area (Å²) in [7, 11) is 0. The SMILES string of the molecule is O=C(OCC1OC(OCCOCc2ccccc2)C(OC(=O)c2ccccc2)C(OC(=O)c2ccccc2)C1O)c1ccccc1. The van der Waals surface area contributed by atoms with E-state index < -0.39 is 55.2 Å². The number of rotatable bonds is 13. The molecule has 0 aliphatic carbocycles. The lowest BCUT2D eigenvalue weighted by Crippen LogP contribution is -2.62. The second-order valence-corrected chi connectivity index (χ2v) is 10.4. The lowest BCUT2D eigenvalue weighted by atomic mass is 9.98. The summed E-state index contributed by atoms with van der Waals surface area (Å²) >= 11 is 0. The average Bonchev–Trinajstić information content (AvgIpc) is 3.11. The molecule has 1 aliphatic rings. The second-order valence-electron chi connectivity index (χ2n) is 10.4. The summed E-state index contributed by atoms with van der Waals surface area (Å²) in [6.07, 6.45) is -6.96. The normalized spacial score (nSPS) is 20.8. The van der Waals surface area contributed by atoms with Crippen molar-refractivity contribution in [1.29, 1.82) is 0 Å². The number of carbonyl (C=O) groups excluding carboxylic acids is 3. The van der Waals surface area contributed by atoms with Crippen molar-refractivity contribution in [2.24, 2.45) is 0 Å². The summed E-state index contributed by atoms with van der Waals surface area (Å²) in [4.78, 5) is 39.1. The quantitative estimate of drug-likeness (QED) is 0.128. The van der Waals surface area contributed by atoms with Gasteiger partial charge >= 0.3 is 17.9 Å². The van der Waals surface area contributed by atoms with Crippen molar-refractivity contribution in [3.8, 4) is 0 Å². The minimum atomic E-state index is -1.57. The van der Waals surface area contributed by atoms with Gasteiger partial charge in [0.2, 0.25) is 0 Å². The van der Waals surface area contributed by atoms with E-state index in [0.29, 0.717) is 12.2 Å². The molecule has 1 fully saturated rings. The fourth-order valence-electron chi connectivity index (χ4n) is 4.76. The topological polar surface area (TPSA) is 127 Å². The zero-order valence-electron chi connectivity index (χ0n) is 24.9. The van der Waals surface area contributed by atoms with Gasteiger partial charge in [-0.3, -0.25) is 0 Å². The Labute approximate surface area is 266 Å². The molecule has 238 valence electrons. The maximum atomic E-state index is 13.2. The Bertz CT molecular complexity index is 1530. The largest absolute Gasteiger partial charge is 0.459 e. The molecule has 5 unspecified atom stereocenters. The van der Waals surface area contributed by atoms with Crippen LogP contribution in [0.25, 0.3) is 0 Å². The number of ether oxygens (including phenoxy) is 6. The smallest absolute Gasteiger partial charge is 0.338 e. The van der Waals surface area contributed by atoms with Crippen molar-refractivity contribution in [3.63, 3.8) is 0 Å². The van der Waals surface area contributed by atoms with Gasteiger partial charge in [0.25, 0.3) is 0 Å². The van der Waals surface area contributed by atoms with Crippen LogP contribution in [0.2, 0.25) is 0 Å². The van der Waals surface area contributed by atoms with E-state index in [4.69, 9.17) is 28.4 Å². The van der Waals surface area contributed by atoms with Crippen LogP contribution in [0.4, 0.5) is 0 Å². The van der Waals surface area contributed by atoms with E-state index in [-0.39, 0.29) is 24.3 Å². The molecule has 0 spiro atoms. The Morgan fingerprint density at radius 1 is 0.609 bits per heavy atom. The van der Waals surface area contributed by atoms with Crippen LogP contribution in [0.3, 0.4) is 0 Å². The van der Waals surface area contributed by atoms with Crippen molar-refractivity contribution >= 4 is 17.9 Å². The predicted molar refractivity (Wildman–Crippen MR) is 165 cm³/mol. The van der Waals surface area contributed by atoms with E-state index in [2.05, 4.69) is 0 Å². The van der Waals surface area contributed by atoms with Crippen LogP contribution in [0.15, 0.2) is 121 Å². The molecule has 4 aromatic rings. The fraction of sp³-hybridized carbons (Fsp3) is 0.250. The summed E-state index contributed by atoms with van der Waals surface area (Å²) in [6, 6.07) is 34.3. The van der Waals surface area contributed by atoms with E-state index in [1.807, 2.05) is 30.3 Å². The summed E-state index contributed by atoms with van der Waals surface area (Å²) in [6.45, 7) is 0.0931. The molecule has 1 saturated heterocycles.